The van der Waals surface area contributed by atoms with Crippen LogP contribution < -0.4 is 15.2 Å². The Kier molecular flexibility index (Phi) is 5.37. The van der Waals surface area contributed by atoms with Gasteiger partial charge in [-0.05, 0) is 25.5 Å². The summed E-state index contributed by atoms with van der Waals surface area (Å²) in [6.45, 7) is 8.30. The van der Waals surface area contributed by atoms with E-state index in [1.807, 2.05) is 31.2 Å². The number of para-hydroxylation sites is 1. The molecule has 3 rings (SSSR count). The minimum absolute atomic E-state index is 0.176. The molecule has 26 heavy (non-hydrogen) atoms. The molecular formula is C19H25N4O3+. The lowest BCUT2D eigenvalue weighted by Crippen LogP contribution is -3.14. The van der Waals surface area contributed by atoms with E-state index in [9.17, 15) is 9.59 Å². The smallest absolute Gasteiger partial charge is 0.278 e. The number of carbonyl (C=O) groups excluding carboxylic acids is 1. The molecule has 0 bridgehead atoms. The van der Waals surface area contributed by atoms with Gasteiger partial charge in [-0.25, -0.2) is 0 Å². The van der Waals surface area contributed by atoms with Gasteiger partial charge in [-0.3, -0.25) is 9.59 Å². The van der Waals surface area contributed by atoms with Crippen LogP contribution >= 0.6 is 0 Å². The second kappa shape index (κ2) is 7.70. The summed E-state index contributed by atoms with van der Waals surface area (Å²) in [5, 5.41) is 4.37. The van der Waals surface area contributed by atoms with E-state index in [1.54, 1.807) is 4.90 Å². The number of rotatable bonds is 4. The molecule has 2 aromatic rings. The number of nitrogens with zero attached hydrogens (tertiary/aromatic N) is 3. The molecule has 1 amide bonds. The molecule has 1 fully saturated rings. The van der Waals surface area contributed by atoms with Gasteiger partial charge in [0.1, 0.15) is 0 Å². The summed E-state index contributed by atoms with van der Waals surface area (Å²) in [6.07, 6.45) is 0. The lowest BCUT2D eigenvalue weighted by molar-refractivity contribution is -0.902. The van der Waals surface area contributed by atoms with Gasteiger partial charge in [0, 0.05) is 0 Å². The average molecular weight is 357 g/mol. The third kappa shape index (κ3) is 3.48. The second-order valence-electron chi connectivity index (χ2n) is 6.49. The zero-order valence-corrected chi connectivity index (χ0v) is 15.5. The Hall–Kier alpha value is -2.67. The Morgan fingerprint density at radius 3 is 2.58 bits per heavy atom. The zero-order valence-electron chi connectivity index (χ0n) is 15.5. The lowest BCUT2D eigenvalue weighted by Gasteiger charge is -2.31. The second-order valence-corrected chi connectivity index (χ2v) is 6.49. The highest BCUT2D eigenvalue weighted by atomic mass is 16.5. The van der Waals surface area contributed by atoms with E-state index in [4.69, 9.17) is 4.74 Å². The van der Waals surface area contributed by atoms with Crippen molar-refractivity contribution in [2.75, 3.05) is 39.8 Å². The van der Waals surface area contributed by atoms with Gasteiger partial charge >= 0.3 is 0 Å². The number of ether oxygens (including phenoxy) is 1. The Labute approximate surface area is 152 Å². The van der Waals surface area contributed by atoms with Crippen LogP contribution in [0.3, 0.4) is 0 Å². The van der Waals surface area contributed by atoms with Crippen molar-refractivity contribution in [2.24, 2.45) is 0 Å². The van der Waals surface area contributed by atoms with Gasteiger partial charge in [-0.1, -0.05) is 18.2 Å². The molecule has 1 aromatic carbocycles. The monoisotopic (exact) mass is 357 g/mol. The number of benzene rings is 1. The van der Waals surface area contributed by atoms with E-state index >= 15 is 0 Å². The number of aromatic nitrogens is 2. The first-order valence-electron chi connectivity index (χ1n) is 8.92. The van der Waals surface area contributed by atoms with Crippen LogP contribution in [0.2, 0.25) is 0 Å². The first kappa shape index (κ1) is 18.1. The highest BCUT2D eigenvalue weighted by Crippen LogP contribution is 2.18. The van der Waals surface area contributed by atoms with Crippen LogP contribution in [0.4, 0.5) is 0 Å². The van der Waals surface area contributed by atoms with Crippen LogP contribution in [0.1, 0.15) is 23.0 Å². The normalized spacial score (nSPS) is 15.1. The number of amides is 1. The molecule has 1 aromatic heterocycles. The van der Waals surface area contributed by atoms with Crippen molar-refractivity contribution in [3.05, 3.63) is 51.9 Å². The van der Waals surface area contributed by atoms with Crippen molar-refractivity contribution < 1.29 is 14.4 Å². The largest absolute Gasteiger partial charge is 0.494 e. The SMILES string of the molecule is CC[NH+]1CCN(C(=O)c2nn(-c3ccccc3C)c(=O)cc2OC)CC1. The van der Waals surface area contributed by atoms with Crippen LogP contribution in [-0.2, 0) is 0 Å². The number of nitrogens with one attached hydrogen (secondary N) is 1. The minimum atomic E-state index is -0.326. The van der Waals surface area contributed by atoms with Crippen molar-refractivity contribution in [1.82, 2.24) is 14.7 Å². The first-order chi connectivity index (χ1) is 12.5. The molecule has 7 nitrogen and oxygen atoms in total. The molecular weight excluding hydrogens is 332 g/mol. The van der Waals surface area contributed by atoms with Crippen LogP contribution in [0.15, 0.2) is 35.1 Å². The molecule has 7 heteroatoms. The number of quaternary nitrogens is 1. The van der Waals surface area contributed by atoms with E-state index < -0.39 is 0 Å². The summed E-state index contributed by atoms with van der Waals surface area (Å²) in [4.78, 5) is 28.8. The van der Waals surface area contributed by atoms with Crippen molar-refractivity contribution >= 4 is 5.91 Å². The van der Waals surface area contributed by atoms with Gasteiger partial charge in [-0.15, -0.1) is 0 Å². The van der Waals surface area contributed by atoms with E-state index in [0.717, 1.165) is 25.2 Å². The molecule has 138 valence electrons. The molecule has 0 atom stereocenters. The molecule has 0 saturated carbocycles. The molecule has 0 spiro atoms. The zero-order chi connectivity index (χ0) is 18.7. The number of piperazine rings is 1. The number of carbonyl (C=O) groups is 1. The Bertz CT molecular complexity index is 854. The molecule has 1 aliphatic heterocycles. The number of methoxy groups -OCH3 is 1. The number of likely N-dealkylation sites (N-methyl/N-ethyl adjacent to an activating group) is 1. The van der Waals surface area contributed by atoms with E-state index in [2.05, 4.69) is 12.0 Å². The summed E-state index contributed by atoms with van der Waals surface area (Å²) in [6, 6.07) is 8.79. The highest BCUT2D eigenvalue weighted by Gasteiger charge is 2.28. The van der Waals surface area contributed by atoms with Gasteiger partial charge in [0.15, 0.2) is 11.4 Å². The van der Waals surface area contributed by atoms with Gasteiger partial charge < -0.3 is 14.5 Å². The number of aryl methyl sites for hydroxylation is 1. The average Bonchev–Trinajstić information content (AvgIpc) is 2.68. The third-order valence-corrected chi connectivity index (χ3v) is 4.92. The number of hydrogen-bond acceptors (Lipinski definition) is 4. The van der Waals surface area contributed by atoms with Gasteiger partial charge in [0.2, 0.25) is 0 Å². The molecule has 1 saturated heterocycles. The van der Waals surface area contributed by atoms with E-state index in [0.29, 0.717) is 18.8 Å². The molecule has 1 N–H and O–H groups in total. The van der Waals surface area contributed by atoms with Crippen molar-refractivity contribution in [3.8, 4) is 11.4 Å². The maximum absolute atomic E-state index is 13.0. The maximum atomic E-state index is 13.0. The quantitative estimate of drug-likeness (QED) is 0.830. The Morgan fingerprint density at radius 2 is 1.96 bits per heavy atom. The molecule has 2 heterocycles. The van der Waals surface area contributed by atoms with Crippen molar-refractivity contribution in [3.63, 3.8) is 0 Å². The predicted molar refractivity (Wildman–Crippen MR) is 98.3 cm³/mol. The van der Waals surface area contributed by atoms with Crippen LogP contribution in [0.5, 0.6) is 5.75 Å². The minimum Gasteiger partial charge on any atom is -0.494 e. The summed E-state index contributed by atoms with van der Waals surface area (Å²) in [5.74, 6) is 0.0226. The molecule has 0 unspecified atom stereocenters. The summed E-state index contributed by atoms with van der Waals surface area (Å²) >= 11 is 0. The van der Waals surface area contributed by atoms with E-state index in [-0.39, 0.29) is 22.9 Å². The van der Waals surface area contributed by atoms with Crippen LogP contribution in [0.25, 0.3) is 5.69 Å². The molecule has 1 aliphatic rings. The molecule has 0 aliphatic carbocycles. The fourth-order valence-corrected chi connectivity index (χ4v) is 3.25. The van der Waals surface area contributed by atoms with Crippen LogP contribution in [0, 0.1) is 6.92 Å². The van der Waals surface area contributed by atoms with Gasteiger partial charge in [-0.2, -0.15) is 9.78 Å². The predicted octanol–water partition coefficient (Wildman–Crippen LogP) is -0.0899. The number of hydrogen-bond donors (Lipinski definition) is 1. The fraction of sp³-hybridized carbons (Fsp3) is 0.421. The van der Waals surface area contributed by atoms with Crippen molar-refractivity contribution in [1.29, 1.82) is 0 Å². The summed E-state index contributed by atoms with van der Waals surface area (Å²) in [5.41, 5.74) is 1.42. The summed E-state index contributed by atoms with van der Waals surface area (Å²) < 4.78 is 6.55. The Balaban J connectivity index is 1.99. The van der Waals surface area contributed by atoms with E-state index in [1.165, 1.54) is 22.8 Å². The standard InChI is InChI=1S/C19H24N4O3/c1-4-21-9-11-22(12-10-21)19(25)18-16(26-3)13-17(24)23(20-18)15-8-6-5-7-14(15)2/h5-8,13H,4,9-12H2,1-3H3/p+1. The fourth-order valence-electron chi connectivity index (χ4n) is 3.25. The van der Waals surface area contributed by atoms with Gasteiger partial charge in [0.25, 0.3) is 11.5 Å². The maximum Gasteiger partial charge on any atom is 0.278 e. The lowest BCUT2D eigenvalue weighted by atomic mass is 10.2. The van der Waals surface area contributed by atoms with Crippen molar-refractivity contribution in [2.45, 2.75) is 13.8 Å². The topological polar surface area (TPSA) is 68.9 Å². The van der Waals surface area contributed by atoms with Crippen LogP contribution in [-0.4, -0.2) is 60.4 Å². The first-order valence-corrected chi connectivity index (χ1v) is 8.92. The Morgan fingerprint density at radius 1 is 1.27 bits per heavy atom. The van der Waals surface area contributed by atoms with Gasteiger partial charge in [0.05, 0.1) is 51.6 Å². The highest BCUT2D eigenvalue weighted by molar-refractivity contribution is 5.94. The summed E-state index contributed by atoms with van der Waals surface area (Å²) in [7, 11) is 1.45. The third-order valence-electron chi connectivity index (χ3n) is 4.92. The molecule has 0 radical (unpaired) electrons.